The molecule has 1 N–H and O–H groups in total. The van der Waals surface area contributed by atoms with E-state index in [1.807, 2.05) is 42.5 Å². The molecular weight excluding hydrogens is 368 g/mol. The Kier molecular flexibility index (Phi) is 5.31. The van der Waals surface area contributed by atoms with Crippen molar-refractivity contribution in [2.45, 2.75) is 24.9 Å². The van der Waals surface area contributed by atoms with Crippen LogP contribution in [0.15, 0.2) is 61.2 Å². The first-order valence-corrected chi connectivity index (χ1v) is 9.60. The van der Waals surface area contributed by atoms with Gasteiger partial charge in [-0.3, -0.25) is 9.69 Å². The number of ether oxygens (including phenoxy) is 1. The number of carboxylic acids is 1. The molecule has 0 amide bonds. The number of nitrogens with zero attached hydrogens (tertiary/aromatic N) is 4. The fourth-order valence-corrected chi connectivity index (χ4v) is 4.12. The summed E-state index contributed by atoms with van der Waals surface area (Å²) in [6.07, 6.45) is 3.79. The number of hydrogen-bond acceptors (Lipinski definition) is 5. The number of likely N-dealkylation sites (tertiary alicyclic amines) is 1. The fraction of sp³-hybridized carbons (Fsp3) is 0.318. The maximum atomic E-state index is 12.2. The molecule has 1 aliphatic rings. The second kappa shape index (κ2) is 8.05. The van der Waals surface area contributed by atoms with E-state index >= 15 is 0 Å². The third kappa shape index (κ3) is 3.86. The van der Waals surface area contributed by atoms with Crippen molar-refractivity contribution in [1.82, 2.24) is 19.7 Å². The van der Waals surface area contributed by atoms with Gasteiger partial charge in [0.15, 0.2) is 0 Å². The highest BCUT2D eigenvalue weighted by molar-refractivity contribution is 5.82. The molecule has 1 saturated heterocycles. The number of rotatable bonds is 7. The summed E-state index contributed by atoms with van der Waals surface area (Å²) < 4.78 is 7.24. The first kappa shape index (κ1) is 19.1. The van der Waals surface area contributed by atoms with Gasteiger partial charge in [-0.25, -0.2) is 9.67 Å². The third-order valence-electron chi connectivity index (χ3n) is 5.63. The Bertz CT molecular complexity index is 975. The zero-order valence-electron chi connectivity index (χ0n) is 16.4. The first-order valence-electron chi connectivity index (χ1n) is 9.60. The van der Waals surface area contributed by atoms with Crippen LogP contribution in [0.2, 0.25) is 0 Å². The van der Waals surface area contributed by atoms with E-state index in [1.54, 1.807) is 18.1 Å². The van der Waals surface area contributed by atoms with E-state index in [0.29, 0.717) is 26.1 Å². The smallest absolute Gasteiger partial charge is 0.315 e. The van der Waals surface area contributed by atoms with Gasteiger partial charge in [-0.05, 0) is 29.7 Å². The summed E-state index contributed by atoms with van der Waals surface area (Å²) in [4.78, 5) is 18.4. The van der Waals surface area contributed by atoms with Crippen molar-refractivity contribution in [3.05, 3.63) is 77.9 Å². The second-order valence-corrected chi connectivity index (χ2v) is 7.45. The number of carbonyl (C=O) groups is 1. The van der Waals surface area contributed by atoms with Crippen molar-refractivity contribution in [2.75, 3.05) is 20.2 Å². The molecule has 1 unspecified atom stereocenters. The fourth-order valence-electron chi connectivity index (χ4n) is 4.12. The quantitative estimate of drug-likeness (QED) is 0.666. The minimum absolute atomic E-state index is 0.497. The van der Waals surface area contributed by atoms with E-state index in [4.69, 9.17) is 4.74 Å². The maximum absolute atomic E-state index is 12.2. The summed E-state index contributed by atoms with van der Waals surface area (Å²) in [6.45, 7) is 2.50. The van der Waals surface area contributed by atoms with Gasteiger partial charge < -0.3 is 9.84 Å². The average molecular weight is 392 g/mol. The van der Waals surface area contributed by atoms with Crippen molar-refractivity contribution in [3.8, 4) is 5.75 Å². The zero-order chi connectivity index (χ0) is 20.3. The van der Waals surface area contributed by atoms with E-state index in [0.717, 1.165) is 29.0 Å². The lowest BCUT2D eigenvalue weighted by Gasteiger charge is -2.25. The van der Waals surface area contributed by atoms with Crippen LogP contribution >= 0.6 is 0 Å². The summed E-state index contributed by atoms with van der Waals surface area (Å²) in [5, 5.41) is 14.2. The number of carboxylic acid groups (broad SMARTS) is 1. The van der Waals surface area contributed by atoms with Crippen LogP contribution in [0.3, 0.4) is 0 Å². The Hall–Kier alpha value is -3.19. The van der Waals surface area contributed by atoms with Gasteiger partial charge >= 0.3 is 5.97 Å². The van der Waals surface area contributed by atoms with Crippen LogP contribution in [0, 0.1) is 0 Å². The molecular formula is C22H24N4O3. The van der Waals surface area contributed by atoms with Gasteiger partial charge in [-0.15, -0.1) is 0 Å². The highest BCUT2D eigenvalue weighted by atomic mass is 16.5. The Labute approximate surface area is 169 Å². The normalized spacial score (nSPS) is 19.3. The van der Waals surface area contributed by atoms with Crippen molar-refractivity contribution in [3.63, 3.8) is 0 Å². The first-order chi connectivity index (χ1) is 14.1. The lowest BCUT2D eigenvalue weighted by molar-refractivity contribution is -0.143. The molecule has 1 aromatic heterocycles. The standard InChI is InChI=1S/C22H24N4O3/c1-29-20-8-7-17(11-18(20)13-26-16-23-15-24-26)12-25-10-9-22(14-25,21(27)28)19-5-3-2-4-6-19/h2-8,11,15-16H,9-10,12-14H2,1H3,(H,27,28). The Morgan fingerprint density at radius 3 is 2.72 bits per heavy atom. The molecule has 0 aliphatic carbocycles. The number of aromatic nitrogens is 3. The molecule has 150 valence electrons. The highest BCUT2D eigenvalue weighted by Gasteiger charge is 2.46. The van der Waals surface area contributed by atoms with Crippen LogP contribution in [-0.4, -0.2) is 50.9 Å². The molecule has 0 radical (unpaired) electrons. The molecule has 0 bridgehead atoms. The predicted octanol–water partition coefficient (Wildman–Crippen LogP) is 2.56. The van der Waals surface area contributed by atoms with E-state index in [1.165, 1.54) is 6.33 Å². The SMILES string of the molecule is COc1ccc(CN2CCC(C(=O)O)(c3ccccc3)C2)cc1Cn1cncn1. The third-order valence-corrected chi connectivity index (χ3v) is 5.63. The van der Waals surface area contributed by atoms with Gasteiger partial charge in [-0.2, -0.15) is 5.10 Å². The lowest BCUT2D eigenvalue weighted by atomic mass is 9.80. The van der Waals surface area contributed by atoms with Crippen LogP contribution < -0.4 is 4.74 Å². The molecule has 1 atom stereocenters. The lowest BCUT2D eigenvalue weighted by Crippen LogP contribution is -2.38. The summed E-state index contributed by atoms with van der Waals surface area (Å²) in [5.74, 6) is 0.0441. The summed E-state index contributed by atoms with van der Waals surface area (Å²) in [6, 6.07) is 15.7. The van der Waals surface area contributed by atoms with Crippen LogP contribution in [-0.2, 0) is 23.3 Å². The maximum Gasteiger partial charge on any atom is 0.315 e. The van der Waals surface area contributed by atoms with Crippen molar-refractivity contribution < 1.29 is 14.6 Å². The number of methoxy groups -OCH3 is 1. The van der Waals surface area contributed by atoms with Crippen LogP contribution in [0.1, 0.15) is 23.1 Å². The van der Waals surface area contributed by atoms with E-state index in [9.17, 15) is 9.90 Å². The van der Waals surface area contributed by atoms with Crippen molar-refractivity contribution in [2.24, 2.45) is 0 Å². The zero-order valence-corrected chi connectivity index (χ0v) is 16.4. The molecule has 0 saturated carbocycles. The number of aliphatic carboxylic acids is 1. The number of benzene rings is 2. The molecule has 7 heteroatoms. The average Bonchev–Trinajstić information content (AvgIpc) is 3.40. The van der Waals surface area contributed by atoms with E-state index in [-0.39, 0.29) is 0 Å². The van der Waals surface area contributed by atoms with Gasteiger partial charge in [0.05, 0.1) is 13.7 Å². The minimum Gasteiger partial charge on any atom is -0.496 e. The van der Waals surface area contributed by atoms with Gasteiger partial charge in [0, 0.05) is 25.2 Å². The molecule has 29 heavy (non-hydrogen) atoms. The molecule has 7 nitrogen and oxygen atoms in total. The van der Waals surface area contributed by atoms with Crippen molar-refractivity contribution in [1.29, 1.82) is 0 Å². The minimum atomic E-state index is -0.850. The Balaban J connectivity index is 1.53. The van der Waals surface area contributed by atoms with Crippen LogP contribution in [0.4, 0.5) is 0 Å². The summed E-state index contributed by atoms with van der Waals surface area (Å²) in [7, 11) is 1.65. The number of hydrogen-bond donors (Lipinski definition) is 1. The van der Waals surface area contributed by atoms with Crippen molar-refractivity contribution >= 4 is 5.97 Å². The van der Waals surface area contributed by atoms with Crippen LogP contribution in [0.25, 0.3) is 0 Å². The highest BCUT2D eigenvalue weighted by Crippen LogP contribution is 2.36. The molecule has 4 rings (SSSR count). The Morgan fingerprint density at radius 1 is 1.21 bits per heavy atom. The molecule has 2 heterocycles. The molecule has 0 spiro atoms. The molecule has 1 aliphatic heterocycles. The molecule has 1 fully saturated rings. The summed E-state index contributed by atoms with van der Waals surface area (Å²) >= 11 is 0. The van der Waals surface area contributed by atoms with E-state index in [2.05, 4.69) is 21.0 Å². The monoisotopic (exact) mass is 392 g/mol. The predicted molar refractivity (Wildman–Crippen MR) is 108 cm³/mol. The Morgan fingerprint density at radius 2 is 2.03 bits per heavy atom. The summed E-state index contributed by atoms with van der Waals surface area (Å²) in [5.41, 5.74) is 2.16. The van der Waals surface area contributed by atoms with E-state index < -0.39 is 11.4 Å². The molecule has 2 aromatic carbocycles. The van der Waals surface area contributed by atoms with Gasteiger partial charge in [0.25, 0.3) is 0 Å². The largest absolute Gasteiger partial charge is 0.496 e. The topological polar surface area (TPSA) is 80.5 Å². The van der Waals surface area contributed by atoms with Gasteiger partial charge in [0.2, 0.25) is 0 Å². The second-order valence-electron chi connectivity index (χ2n) is 7.45. The van der Waals surface area contributed by atoms with Gasteiger partial charge in [0.1, 0.15) is 23.8 Å². The van der Waals surface area contributed by atoms with Gasteiger partial charge in [-0.1, -0.05) is 36.4 Å². The molecule has 3 aromatic rings. The van der Waals surface area contributed by atoms with Crippen LogP contribution in [0.5, 0.6) is 5.75 Å².